The lowest BCUT2D eigenvalue weighted by Gasteiger charge is -2.11. The second-order valence-electron chi connectivity index (χ2n) is 5.95. The van der Waals surface area contributed by atoms with Gasteiger partial charge < -0.3 is 19.5 Å². The van der Waals surface area contributed by atoms with E-state index >= 15 is 0 Å². The molecular weight excluding hydrogens is 334 g/mol. The Morgan fingerprint density at radius 2 is 1.77 bits per heavy atom. The van der Waals surface area contributed by atoms with Crippen LogP contribution in [0, 0.1) is 0 Å². The van der Waals surface area contributed by atoms with E-state index in [1.54, 1.807) is 24.3 Å². The van der Waals surface area contributed by atoms with E-state index < -0.39 is 5.97 Å². The molecule has 6 nitrogen and oxygen atoms in total. The van der Waals surface area contributed by atoms with Crippen molar-refractivity contribution in [2.45, 2.75) is 18.9 Å². The molecule has 3 rings (SSSR count). The Labute approximate surface area is 152 Å². The first-order chi connectivity index (χ1) is 12.7. The third-order valence-electron chi connectivity index (χ3n) is 3.95. The van der Waals surface area contributed by atoms with Crippen molar-refractivity contribution in [2.75, 3.05) is 19.8 Å². The van der Waals surface area contributed by atoms with Gasteiger partial charge in [-0.1, -0.05) is 18.2 Å². The van der Waals surface area contributed by atoms with E-state index in [-0.39, 0.29) is 18.6 Å². The lowest BCUT2D eigenvalue weighted by molar-refractivity contribution is -0.124. The van der Waals surface area contributed by atoms with Crippen LogP contribution in [0.2, 0.25) is 0 Å². The molecule has 1 atom stereocenters. The Morgan fingerprint density at radius 1 is 1.04 bits per heavy atom. The van der Waals surface area contributed by atoms with Crippen molar-refractivity contribution < 1.29 is 23.8 Å². The van der Waals surface area contributed by atoms with Crippen LogP contribution in [-0.2, 0) is 14.3 Å². The van der Waals surface area contributed by atoms with Crippen LogP contribution in [-0.4, -0.2) is 37.7 Å². The third kappa shape index (κ3) is 5.32. The first kappa shape index (κ1) is 17.9. The molecule has 0 radical (unpaired) electrons. The molecule has 0 aromatic heterocycles. The molecule has 0 bridgehead atoms. The van der Waals surface area contributed by atoms with Crippen molar-refractivity contribution >= 4 is 11.9 Å². The number of carbonyl (C=O) groups excluding carboxylic acids is 2. The van der Waals surface area contributed by atoms with Crippen LogP contribution in [0.4, 0.5) is 0 Å². The molecule has 136 valence electrons. The minimum absolute atomic E-state index is 0.0619. The Hall–Kier alpha value is -2.86. The largest absolute Gasteiger partial charge is 0.457 e. The molecule has 1 heterocycles. The quantitative estimate of drug-likeness (QED) is 0.773. The topological polar surface area (TPSA) is 73.9 Å². The molecule has 1 amide bonds. The van der Waals surface area contributed by atoms with Gasteiger partial charge in [0.25, 0.3) is 5.91 Å². The lowest BCUT2D eigenvalue weighted by atomic mass is 10.2. The summed E-state index contributed by atoms with van der Waals surface area (Å²) in [6, 6.07) is 15.9. The van der Waals surface area contributed by atoms with Gasteiger partial charge in [0.05, 0.1) is 11.7 Å². The number of amides is 1. The monoisotopic (exact) mass is 355 g/mol. The predicted molar refractivity (Wildman–Crippen MR) is 95.2 cm³/mol. The second-order valence-corrected chi connectivity index (χ2v) is 5.95. The zero-order valence-electron chi connectivity index (χ0n) is 14.4. The summed E-state index contributed by atoms with van der Waals surface area (Å²) in [4.78, 5) is 23.7. The van der Waals surface area contributed by atoms with Crippen LogP contribution >= 0.6 is 0 Å². The number of hydrogen-bond donors (Lipinski definition) is 1. The standard InChI is InChI=1S/C20H21NO5/c22-19(21-13-18-7-4-12-24-18)14-25-20(23)15-8-10-17(11-9-15)26-16-5-2-1-3-6-16/h1-3,5-6,8-11,18H,4,7,12-14H2,(H,21,22). The first-order valence-electron chi connectivity index (χ1n) is 8.59. The van der Waals surface area contributed by atoms with E-state index in [1.165, 1.54) is 0 Å². The minimum Gasteiger partial charge on any atom is -0.457 e. The molecule has 2 aromatic rings. The van der Waals surface area contributed by atoms with Gasteiger partial charge in [0.15, 0.2) is 6.61 Å². The Balaban J connectivity index is 1.43. The first-order valence-corrected chi connectivity index (χ1v) is 8.59. The fourth-order valence-corrected chi connectivity index (χ4v) is 2.58. The predicted octanol–water partition coefficient (Wildman–Crippen LogP) is 2.93. The van der Waals surface area contributed by atoms with Crippen molar-refractivity contribution in [3.63, 3.8) is 0 Å². The van der Waals surface area contributed by atoms with Crippen LogP contribution in [0.1, 0.15) is 23.2 Å². The van der Waals surface area contributed by atoms with E-state index in [9.17, 15) is 9.59 Å². The van der Waals surface area contributed by atoms with E-state index in [0.29, 0.717) is 23.6 Å². The summed E-state index contributed by atoms with van der Waals surface area (Å²) in [5.74, 6) is 0.439. The van der Waals surface area contributed by atoms with Gasteiger partial charge in [-0.15, -0.1) is 0 Å². The average molecular weight is 355 g/mol. The number of carbonyl (C=O) groups is 2. The number of rotatable bonds is 7. The molecule has 2 aromatic carbocycles. The van der Waals surface area contributed by atoms with Gasteiger partial charge in [0.2, 0.25) is 0 Å². The number of para-hydroxylation sites is 1. The summed E-state index contributed by atoms with van der Waals surface area (Å²) in [6.07, 6.45) is 2.02. The fraction of sp³-hybridized carbons (Fsp3) is 0.300. The van der Waals surface area contributed by atoms with E-state index in [4.69, 9.17) is 14.2 Å². The number of esters is 1. The van der Waals surface area contributed by atoms with Gasteiger partial charge in [-0.3, -0.25) is 4.79 Å². The Kier molecular flexibility index (Phi) is 6.22. The molecule has 6 heteroatoms. The number of nitrogens with one attached hydrogen (secondary N) is 1. The molecule has 1 saturated heterocycles. The number of benzene rings is 2. The summed E-state index contributed by atoms with van der Waals surface area (Å²) in [5, 5.41) is 2.71. The van der Waals surface area contributed by atoms with Gasteiger partial charge in [-0.2, -0.15) is 0 Å². The molecule has 1 unspecified atom stereocenters. The second kappa shape index (κ2) is 9.01. The molecule has 1 aliphatic rings. The highest BCUT2D eigenvalue weighted by Crippen LogP contribution is 2.21. The average Bonchev–Trinajstić information content (AvgIpc) is 3.19. The molecule has 1 aliphatic heterocycles. The van der Waals surface area contributed by atoms with Gasteiger partial charge in [0.1, 0.15) is 11.5 Å². The summed E-state index contributed by atoms with van der Waals surface area (Å²) < 4.78 is 16.1. The van der Waals surface area contributed by atoms with Crippen LogP contribution in [0.15, 0.2) is 54.6 Å². The maximum Gasteiger partial charge on any atom is 0.338 e. The van der Waals surface area contributed by atoms with Crippen LogP contribution in [0.5, 0.6) is 11.5 Å². The number of hydrogen-bond acceptors (Lipinski definition) is 5. The zero-order valence-corrected chi connectivity index (χ0v) is 14.4. The third-order valence-corrected chi connectivity index (χ3v) is 3.95. The van der Waals surface area contributed by atoms with Crippen molar-refractivity contribution in [1.29, 1.82) is 0 Å². The lowest BCUT2D eigenvalue weighted by Crippen LogP contribution is -2.34. The summed E-state index contributed by atoms with van der Waals surface area (Å²) >= 11 is 0. The minimum atomic E-state index is -0.552. The molecule has 0 saturated carbocycles. The Morgan fingerprint density at radius 3 is 2.46 bits per heavy atom. The molecule has 1 N–H and O–H groups in total. The van der Waals surface area contributed by atoms with E-state index in [0.717, 1.165) is 19.4 Å². The molecule has 0 spiro atoms. The fourth-order valence-electron chi connectivity index (χ4n) is 2.58. The number of ether oxygens (including phenoxy) is 3. The highest BCUT2D eigenvalue weighted by Gasteiger charge is 2.17. The molecular formula is C20H21NO5. The van der Waals surface area contributed by atoms with Crippen LogP contribution < -0.4 is 10.1 Å². The van der Waals surface area contributed by atoms with Crippen molar-refractivity contribution in [1.82, 2.24) is 5.32 Å². The summed E-state index contributed by atoms with van der Waals surface area (Å²) in [5.41, 5.74) is 0.359. The smallest absolute Gasteiger partial charge is 0.338 e. The summed E-state index contributed by atoms with van der Waals surface area (Å²) in [7, 11) is 0. The van der Waals surface area contributed by atoms with Gasteiger partial charge in [0, 0.05) is 13.2 Å². The van der Waals surface area contributed by atoms with Gasteiger partial charge in [-0.25, -0.2) is 4.79 Å². The van der Waals surface area contributed by atoms with Crippen molar-refractivity contribution in [3.8, 4) is 11.5 Å². The molecule has 0 aliphatic carbocycles. The van der Waals surface area contributed by atoms with Gasteiger partial charge >= 0.3 is 5.97 Å². The van der Waals surface area contributed by atoms with Gasteiger partial charge in [-0.05, 0) is 49.2 Å². The SMILES string of the molecule is O=C(COC(=O)c1ccc(Oc2ccccc2)cc1)NCC1CCCO1. The van der Waals surface area contributed by atoms with Crippen molar-refractivity contribution in [2.24, 2.45) is 0 Å². The molecule has 26 heavy (non-hydrogen) atoms. The van der Waals surface area contributed by atoms with Crippen LogP contribution in [0.25, 0.3) is 0 Å². The normalized spacial score (nSPS) is 16.1. The van der Waals surface area contributed by atoms with Crippen molar-refractivity contribution in [3.05, 3.63) is 60.2 Å². The highest BCUT2D eigenvalue weighted by atomic mass is 16.5. The van der Waals surface area contributed by atoms with E-state index in [1.807, 2.05) is 30.3 Å². The maximum atomic E-state index is 12.0. The highest BCUT2D eigenvalue weighted by molar-refractivity contribution is 5.91. The van der Waals surface area contributed by atoms with E-state index in [2.05, 4.69) is 5.32 Å². The zero-order chi connectivity index (χ0) is 18.2. The molecule has 1 fully saturated rings. The van der Waals surface area contributed by atoms with Crippen LogP contribution in [0.3, 0.4) is 0 Å². The Bertz CT molecular complexity index is 724. The maximum absolute atomic E-state index is 12.0. The summed E-state index contributed by atoms with van der Waals surface area (Å²) in [6.45, 7) is 0.870.